The Morgan fingerprint density at radius 1 is 0.621 bits per heavy atom. The number of ether oxygens (including phenoxy) is 8. The number of rotatable bonds is 13. The monoisotopic (exact) mass is 812 g/mol. The zero-order valence-electron chi connectivity index (χ0n) is 36.5. The maximum atomic E-state index is 12.8. The molecule has 6 rings (SSSR count). The van der Waals surface area contributed by atoms with Gasteiger partial charge in [0.25, 0.3) is 0 Å². The molecule has 0 amide bonds. The Kier molecular flexibility index (Phi) is 13.7. The molecule has 4 aromatic rings. The standard InChI is InChI=1S/C25H34O5Si.C22H26O5/c1-25(2)12-11-19-16-18(9-10-20(19)29-25)21(30-31(6,7)8)13-17-14-22(26-3)24(28-5)23(15-17)27-4;1-22(2)9-8-16-13-15(6-7-18(16)27-22)17(23)10-14-11-19(24-3)21(26-5)20(12-14)25-4/h9-10,13-16H,11-12H2,1-8H3;6-7,11-13H,8-10H2,1-5H3/b21-13-;. The lowest BCUT2D eigenvalue weighted by Crippen LogP contribution is -2.32. The molecule has 2 aliphatic rings. The number of carbonyl (C=O) groups is 1. The summed E-state index contributed by atoms with van der Waals surface area (Å²) in [4.78, 5) is 12.8. The molecular weight excluding hydrogens is 753 g/mol. The van der Waals surface area contributed by atoms with Crippen molar-refractivity contribution in [3.8, 4) is 46.0 Å². The van der Waals surface area contributed by atoms with E-state index in [-0.39, 0.29) is 23.4 Å². The van der Waals surface area contributed by atoms with E-state index in [4.69, 9.17) is 42.3 Å². The second-order valence-electron chi connectivity index (χ2n) is 16.7. The average molecular weight is 813 g/mol. The number of ketones is 1. The van der Waals surface area contributed by atoms with Crippen LogP contribution >= 0.6 is 0 Å². The molecule has 0 atom stereocenters. The third-order valence-electron chi connectivity index (χ3n) is 9.98. The Morgan fingerprint density at radius 2 is 1.05 bits per heavy atom. The van der Waals surface area contributed by atoms with Gasteiger partial charge in [0.15, 0.2) is 28.8 Å². The second kappa shape index (κ2) is 18.1. The predicted molar refractivity (Wildman–Crippen MR) is 231 cm³/mol. The molecule has 0 aromatic heterocycles. The maximum absolute atomic E-state index is 12.8. The molecule has 0 N–H and O–H groups in total. The van der Waals surface area contributed by atoms with Crippen molar-refractivity contribution in [3.05, 3.63) is 94.0 Å². The highest BCUT2D eigenvalue weighted by atomic mass is 28.4. The van der Waals surface area contributed by atoms with Crippen LogP contribution in [0.3, 0.4) is 0 Å². The van der Waals surface area contributed by atoms with Crippen LogP contribution in [0.2, 0.25) is 19.6 Å². The molecule has 0 bridgehead atoms. The molecule has 0 unspecified atom stereocenters. The third kappa shape index (κ3) is 10.8. The fourth-order valence-electron chi connectivity index (χ4n) is 7.01. The molecule has 0 fully saturated rings. The van der Waals surface area contributed by atoms with Crippen LogP contribution in [-0.2, 0) is 23.7 Å². The Morgan fingerprint density at radius 3 is 1.48 bits per heavy atom. The zero-order chi connectivity index (χ0) is 42.4. The van der Waals surface area contributed by atoms with Gasteiger partial charge in [0, 0.05) is 17.5 Å². The molecule has 0 saturated heterocycles. The first kappa shape index (κ1) is 43.8. The van der Waals surface area contributed by atoms with E-state index in [1.807, 2.05) is 48.5 Å². The van der Waals surface area contributed by atoms with Gasteiger partial charge >= 0.3 is 0 Å². The van der Waals surface area contributed by atoms with Gasteiger partial charge in [-0.25, -0.2) is 0 Å². The smallest absolute Gasteiger partial charge is 0.242 e. The zero-order valence-corrected chi connectivity index (χ0v) is 37.5. The first-order valence-electron chi connectivity index (χ1n) is 19.6. The molecule has 2 aliphatic heterocycles. The van der Waals surface area contributed by atoms with Gasteiger partial charge in [0.2, 0.25) is 19.8 Å². The molecule has 2 heterocycles. The Hall–Kier alpha value is -5.29. The largest absolute Gasteiger partial charge is 0.544 e. The topological polar surface area (TPSA) is 100 Å². The molecular formula is C47H60O10Si. The quantitative estimate of drug-likeness (QED) is 0.0561. The van der Waals surface area contributed by atoms with E-state index in [0.29, 0.717) is 40.1 Å². The lowest BCUT2D eigenvalue weighted by atomic mass is 9.92. The van der Waals surface area contributed by atoms with Crippen molar-refractivity contribution >= 4 is 25.9 Å². The van der Waals surface area contributed by atoms with Gasteiger partial charge < -0.3 is 42.3 Å². The van der Waals surface area contributed by atoms with Crippen molar-refractivity contribution in [1.29, 1.82) is 0 Å². The van der Waals surface area contributed by atoms with E-state index in [2.05, 4.69) is 65.5 Å². The van der Waals surface area contributed by atoms with Gasteiger partial charge in [-0.1, -0.05) is 0 Å². The van der Waals surface area contributed by atoms with Crippen molar-refractivity contribution in [2.45, 2.75) is 90.6 Å². The summed E-state index contributed by atoms with van der Waals surface area (Å²) in [6.45, 7) is 15.0. The molecule has 312 valence electrons. The van der Waals surface area contributed by atoms with Crippen molar-refractivity contribution < 1.29 is 47.1 Å². The van der Waals surface area contributed by atoms with Crippen LogP contribution in [0.4, 0.5) is 0 Å². The number of benzene rings is 4. The number of fused-ring (bicyclic) bond motifs is 2. The van der Waals surface area contributed by atoms with E-state index in [1.165, 1.54) is 5.56 Å². The van der Waals surface area contributed by atoms with Crippen molar-refractivity contribution in [3.63, 3.8) is 0 Å². The summed E-state index contributed by atoms with van der Waals surface area (Å²) in [5, 5.41) is 0. The van der Waals surface area contributed by atoms with E-state index >= 15 is 0 Å². The molecule has 4 aromatic carbocycles. The lowest BCUT2D eigenvalue weighted by Gasteiger charge is -2.33. The third-order valence-corrected chi connectivity index (χ3v) is 10.8. The molecule has 58 heavy (non-hydrogen) atoms. The van der Waals surface area contributed by atoms with E-state index < -0.39 is 8.32 Å². The highest BCUT2D eigenvalue weighted by Crippen LogP contribution is 2.41. The molecule has 0 saturated carbocycles. The van der Waals surface area contributed by atoms with E-state index in [0.717, 1.165) is 65.2 Å². The Bertz CT molecular complexity index is 2080. The fraction of sp³-hybridized carbons (Fsp3) is 0.426. The highest BCUT2D eigenvalue weighted by Gasteiger charge is 2.29. The number of hydrogen-bond acceptors (Lipinski definition) is 10. The van der Waals surface area contributed by atoms with Gasteiger partial charge in [0.1, 0.15) is 28.5 Å². The summed E-state index contributed by atoms with van der Waals surface area (Å²) in [6, 6.07) is 19.5. The first-order valence-corrected chi connectivity index (χ1v) is 23.0. The van der Waals surface area contributed by atoms with Crippen LogP contribution < -0.4 is 37.9 Å². The van der Waals surface area contributed by atoms with Crippen LogP contribution in [0.25, 0.3) is 11.8 Å². The van der Waals surface area contributed by atoms with Crippen LogP contribution in [0.5, 0.6) is 46.0 Å². The summed E-state index contributed by atoms with van der Waals surface area (Å²) < 4.78 is 51.2. The highest BCUT2D eigenvalue weighted by molar-refractivity contribution is 6.70. The normalized spacial score (nSPS) is 15.2. The van der Waals surface area contributed by atoms with Crippen molar-refractivity contribution in [2.24, 2.45) is 0 Å². The van der Waals surface area contributed by atoms with Crippen LogP contribution in [0.1, 0.15) is 78.7 Å². The van der Waals surface area contributed by atoms with Gasteiger partial charge in [-0.05, 0) is 162 Å². The summed E-state index contributed by atoms with van der Waals surface area (Å²) in [6.07, 6.45) is 6.11. The number of methoxy groups -OCH3 is 6. The number of aryl methyl sites for hydroxylation is 2. The Labute approximate surface area is 345 Å². The maximum Gasteiger partial charge on any atom is 0.242 e. The number of carbonyl (C=O) groups excluding carboxylic acids is 1. The molecule has 0 spiro atoms. The Balaban J connectivity index is 0.000000223. The molecule has 11 heteroatoms. The van der Waals surface area contributed by atoms with Crippen molar-refractivity contribution in [2.75, 3.05) is 42.7 Å². The first-order chi connectivity index (χ1) is 27.4. The number of hydrogen-bond donors (Lipinski definition) is 0. The van der Waals surface area contributed by atoms with Gasteiger partial charge in [0.05, 0.1) is 42.7 Å². The fourth-order valence-corrected chi connectivity index (χ4v) is 7.84. The van der Waals surface area contributed by atoms with Crippen LogP contribution in [0.15, 0.2) is 60.7 Å². The minimum Gasteiger partial charge on any atom is -0.544 e. The molecule has 10 nitrogen and oxygen atoms in total. The van der Waals surface area contributed by atoms with Gasteiger partial charge in [-0.3, -0.25) is 4.79 Å². The minimum atomic E-state index is -1.86. The summed E-state index contributed by atoms with van der Waals surface area (Å²) >= 11 is 0. The van der Waals surface area contributed by atoms with Crippen LogP contribution in [-0.4, -0.2) is 68.0 Å². The molecule has 0 radical (unpaired) electrons. The average Bonchev–Trinajstić information content (AvgIpc) is 3.18. The van der Waals surface area contributed by atoms with E-state index in [9.17, 15) is 4.79 Å². The summed E-state index contributed by atoms with van der Waals surface area (Å²) in [5.74, 6) is 6.10. The second-order valence-corrected chi connectivity index (χ2v) is 21.1. The van der Waals surface area contributed by atoms with Gasteiger partial charge in [-0.2, -0.15) is 0 Å². The van der Waals surface area contributed by atoms with Crippen molar-refractivity contribution in [1.82, 2.24) is 0 Å². The van der Waals surface area contributed by atoms with E-state index in [1.54, 1.807) is 42.7 Å². The number of Topliss-reactive ketones (excluding diaryl/α,β-unsaturated/α-hetero) is 1. The minimum absolute atomic E-state index is 0.0388. The molecule has 0 aliphatic carbocycles. The predicted octanol–water partition coefficient (Wildman–Crippen LogP) is 10.4. The summed E-state index contributed by atoms with van der Waals surface area (Å²) in [7, 11) is 7.66. The summed E-state index contributed by atoms with van der Waals surface area (Å²) in [5.41, 5.74) is 5.47. The lowest BCUT2D eigenvalue weighted by molar-refractivity contribution is 0.0842. The SMILES string of the molecule is COc1cc(/C=C(\O[Si](C)(C)C)c2ccc3c(c2)CCC(C)(C)O3)cc(OC)c1OC.COc1cc(CC(=O)c2ccc3c(c2)CCC(C)(C)O3)cc(OC)c1OC. The van der Waals surface area contributed by atoms with Crippen LogP contribution in [0, 0.1) is 0 Å². The van der Waals surface area contributed by atoms with Gasteiger partial charge in [-0.15, -0.1) is 0 Å².